The zero-order chi connectivity index (χ0) is 22.3. The van der Waals surface area contributed by atoms with Crippen LogP contribution in [0, 0.1) is 11.8 Å². The second-order valence-corrected chi connectivity index (χ2v) is 7.25. The number of carbonyl (C=O) groups is 6. The Morgan fingerprint density at radius 2 is 1.10 bits per heavy atom. The predicted octanol–water partition coefficient (Wildman–Crippen LogP) is -0.272. The summed E-state index contributed by atoms with van der Waals surface area (Å²) in [6, 6.07) is 0. The van der Waals surface area contributed by atoms with Crippen LogP contribution in [0.25, 0.3) is 0 Å². The van der Waals surface area contributed by atoms with E-state index in [9.17, 15) is 28.8 Å². The molecule has 0 saturated carbocycles. The number of ketones is 2. The number of likely N-dealkylation sites (tertiary alicyclic amines) is 2. The molecule has 2 fully saturated rings. The molecule has 0 aliphatic carbocycles. The Morgan fingerprint density at radius 1 is 0.733 bits per heavy atom. The molecule has 10 heteroatoms. The molecule has 0 bridgehead atoms. The third kappa shape index (κ3) is 5.43. The highest BCUT2D eigenvalue weighted by atomic mass is 16.5. The Balaban J connectivity index is 1.67. The number of ether oxygens (including phenoxy) is 2. The molecule has 0 aromatic rings. The minimum atomic E-state index is -1.04. The Labute approximate surface area is 174 Å². The molecule has 10 nitrogen and oxygen atoms in total. The summed E-state index contributed by atoms with van der Waals surface area (Å²) in [7, 11) is 0. The molecule has 2 unspecified atom stereocenters. The number of rotatable bonds is 11. The van der Waals surface area contributed by atoms with Gasteiger partial charge in [-0.25, -0.2) is 0 Å². The first-order valence-corrected chi connectivity index (χ1v) is 10.3. The predicted molar refractivity (Wildman–Crippen MR) is 102 cm³/mol. The highest BCUT2D eigenvalue weighted by molar-refractivity contribution is 6.42. The van der Waals surface area contributed by atoms with Crippen LogP contribution in [-0.4, -0.2) is 84.5 Å². The van der Waals surface area contributed by atoms with Crippen molar-refractivity contribution in [1.82, 2.24) is 9.80 Å². The summed E-state index contributed by atoms with van der Waals surface area (Å²) >= 11 is 0. The molecule has 0 aromatic heterocycles. The topological polar surface area (TPSA) is 127 Å². The van der Waals surface area contributed by atoms with Crippen LogP contribution in [-0.2, 0) is 38.2 Å². The van der Waals surface area contributed by atoms with Crippen LogP contribution in [0.3, 0.4) is 0 Å². The molecule has 2 aliphatic rings. The minimum Gasteiger partial charge on any atom is -0.465 e. The molecule has 2 heterocycles. The van der Waals surface area contributed by atoms with Crippen molar-refractivity contribution >= 4 is 35.3 Å². The van der Waals surface area contributed by atoms with Gasteiger partial charge in [0.05, 0.1) is 13.2 Å². The SMILES string of the molecule is CCOC(=O)C1CN(CCCCCCN2CC(C(=O)OCC)C(=O)C2=O)C(=O)C1=O. The zero-order valence-electron chi connectivity index (χ0n) is 17.4. The second kappa shape index (κ2) is 10.8. The Morgan fingerprint density at radius 3 is 1.43 bits per heavy atom. The summed E-state index contributed by atoms with van der Waals surface area (Å²) in [5, 5.41) is 0. The lowest BCUT2D eigenvalue weighted by Crippen LogP contribution is -2.29. The van der Waals surface area contributed by atoms with Crippen molar-refractivity contribution in [3.05, 3.63) is 0 Å². The van der Waals surface area contributed by atoms with E-state index in [0.717, 1.165) is 12.8 Å². The van der Waals surface area contributed by atoms with E-state index in [1.807, 2.05) is 0 Å². The largest absolute Gasteiger partial charge is 0.465 e. The van der Waals surface area contributed by atoms with Gasteiger partial charge in [-0.1, -0.05) is 12.8 Å². The first-order valence-electron chi connectivity index (χ1n) is 10.3. The van der Waals surface area contributed by atoms with Crippen LogP contribution in [0.1, 0.15) is 39.5 Å². The van der Waals surface area contributed by atoms with Crippen molar-refractivity contribution in [2.24, 2.45) is 11.8 Å². The number of carbonyl (C=O) groups excluding carboxylic acids is 6. The fraction of sp³-hybridized carbons (Fsp3) is 0.700. The monoisotopic (exact) mass is 424 g/mol. The highest BCUT2D eigenvalue weighted by Crippen LogP contribution is 2.19. The first kappa shape index (κ1) is 23.5. The molecule has 166 valence electrons. The number of amides is 2. The average Bonchev–Trinajstić information content (AvgIpc) is 3.16. The maximum absolute atomic E-state index is 12.0. The van der Waals surface area contributed by atoms with Gasteiger partial charge in [-0.3, -0.25) is 28.8 Å². The van der Waals surface area contributed by atoms with E-state index in [1.165, 1.54) is 9.80 Å². The molecule has 30 heavy (non-hydrogen) atoms. The van der Waals surface area contributed by atoms with Crippen LogP contribution >= 0.6 is 0 Å². The fourth-order valence-corrected chi connectivity index (χ4v) is 3.58. The molecule has 2 atom stereocenters. The highest BCUT2D eigenvalue weighted by Gasteiger charge is 2.44. The summed E-state index contributed by atoms with van der Waals surface area (Å²) in [6.07, 6.45) is 2.79. The maximum atomic E-state index is 12.0. The van der Waals surface area contributed by atoms with Gasteiger partial charge < -0.3 is 19.3 Å². The summed E-state index contributed by atoms with van der Waals surface area (Å²) in [4.78, 5) is 73.9. The summed E-state index contributed by atoms with van der Waals surface area (Å²) in [5.41, 5.74) is 0. The van der Waals surface area contributed by atoms with Gasteiger partial charge in [0, 0.05) is 26.2 Å². The summed E-state index contributed by atoms with van der Waals surface area (Å²) < 4.78 is 9.66. The quantitative estimate of drug-likeness (QED) is 0.192. The number of unbranched alkanes of at least 4 members (excludes halogenated alkanes) is 3. The Kier molecular flexibility index (Phi) is 8.49. The summed E-state index contributed by atoms with van der Waals surface area (Å²) in [5.74, 6) is -6.15. The van der Waals surface area contributed by atoms with E-state index in [-0.39, 0.29) is 26.3 Å². The van der Waals surface area contributed by atoms with E-state index in [1.54, 1.807) is 13.8 Å². The van der Waals surface area contributed by atoms with Crippen molar-refractivity contribution in [1.29, 1.82) is 0 Å². The second-order valence-electron chi connectivity index (χ2n) is 7.25. The molecule has 0 aromatic carbocycles. The van der Waals surface area contributed by atoms with Gasteiger partial charge >= 0.3 is 11.9 Å². The lowest BCUT2D eigenvalue weighted by Gasteiger charge is -2.16. The third-order valence-electron chi connectivity index (χ3n) is 5.18. The van der Waals surface area contributed by atoms with Crippen molar-refractivity contribution in [3.63, 3.8) is 0 Å². The van der Waals surface area contributed by atoms with Gasteiger partial charge in [0.1, 0.15) is 11.8 Å². The Hall–Kier alpha value is -2.78. The van der Waals surface area contributed by atoms with Gasteiger partial charge in [0.15, 0.2) is 0 Å². The van der Waals surface area contributed by atoms with Gasteiger partial charge in [-0.05, 0) is 26.7 Å². The lowest BCUT2D eigenvalue weighted by atomic mass is 10.1. The van der Waals surface area contributed by atoms with Crippen molar-refractivity contribution in [3.8, 4) is 0 Å². The molecule has 2 saturated heterocycles. The van der Waals surface area contributed by atoms with E-state index < -0.39 is 47.2 Å². The standard InChI is InChI=1S/C20H28N2O8/c1-3-29-19(27)13-11-21(17(25)15(13)23)9-7-5-6-8-10-22-12-14(16(24)18(22)26)20(28)30-4-2/h13-14H,3-12H2,1-2H3. The molecule has 2 rings (SSSR count). The first-order chi connectivity index (χ1) is 14.3. The van der Waals surface area contributed by atoms with Gasteiger partial charge in [-0.2, -0.15) is 0 Å². The number of esters is 2. The van der Waals surface area contributed by atoms with E-state index in [0.29, 0.717) is 25.9 Å². The van der Waals surface area contributed by atoms with E-state index in [4.69, 9.17) is 9.47 Å². The Bertz CT molecular complexity index is 660. The van der Waals surface area contributed by atoms with E-state index in [2.05, 4.69) is 0 Å². The number of hydrogen-bond acceptors (Lipinski definition) is 8. The fourth-order valence-electron chi connectivity index (χ4n) is 3.58. The zero-order valence-corrected chi connectivity index (χ0v) is 17.4. The molecule has 0 spiro atoms. The molecule has 0 N–H and O–H groups in total. The molecule has 2 aliphatic heterocycles. The summed E-state index contributed by atoms with van der Waals surface area (Å²) in [6.45, 7) is 4.43. The van der Waals surface area contributed by atoms with Crippen LogP contribution < -0.4 is 0 Å². The van der Waals surface area contributed by atoms with E-state index >= 15 is 0 Å². The number of hydrogen-bond donors (Lipinski definition) is 0. The van der Waals surface area contributed by atoms with Crippen LogP contribution in [0.15, 0.2) is 0 Å². The minimum absolute atomic E-state index is 0.0517. The molecule has 2 amide bonds. The number of nitrogens with zero attached hydrogens (tertiary/aromatic N) is 2. The van der Waals surface area contributed by atoms with Crippen LogP contribution in [0.2, 0.25) is 0 Å². The third-order valence-corrected chi connectivity index (χ3v) is 5.18. The lowest BCUT2D eigenvalue weighted by molar-refractivity contribution is -0.152. The van der Waals surface area contributed by atoms with Gasteiger partial charge in [0.25, 0.3) is 11.8 Å². The normalized spacial score (nSPS) is 21.5. The molecule has 0 radical (unpaired) electrons. The molecular formula is C20H28N2O8. The molecular weight excluding hydrogens is 396 g/mol. The van der Waals surface area contributed by atoms with Crippen molar-refractivity contribution in [2.45, 2.75) is 39.5 Å². The average molecular weight is 424 g/mol. The van der Waals surface area contributed by atoms with Gasteiger partial charge in [0.2, 0.25) is 11.6 Å². The van der Waals surface area contributed by atoms with Crippen molar-refractivity contribution in [2.75, 3.05) is 39.4 Å². The van der Waals surface area contributed by atoms with Gasteiger partial charge in [-0.15, -0.1) is 0 Å². The smallest absolute Gasteiger partial charge is 0.318 e. The van der Waals surface area contributed by atoms with Crippen LogP contribution in [0.4, 0.5) is 0 Å². The van der Waals surface area contributed by atoms with Crippen LogP contribution in [0.5, 0.6) is 0 Å². The van der Waals surface area contributed by atoms with Crippen molar-refractivity contribution < 1.29 is 38.2 Å². The number of Topliss-reactive ketones (excluding diaryl/α,β-unsaturated/α-hetero) is 2. The maximum Gasteiger partial charge on any atom is 0.318 e.